The molecule has 0 amide bonds. The van der Waals surface area contributed by atoms with Crippen molar-refractivity contribution in [2.45, 2.75) is 5.03 Å². The van der Waals surface area contributed by atoms with Gasteiger partial charge in [0, 0.05) is 5.56 Å². The van der Waals surface area contributed by atoms with Gasteiger partial charge in [0.2, 0.25) is 0 Å². The van der Waals surface area contributed by atoms with E-state index in [4.69, 9.17) is 9.47 Å². The Labute approximate surface area is 110 Å². The molecule has 0 saturated heterocycles. The number of hydrogen-bond acceptors (Lipinski definition) is 5. The highest BCUT2D eigenvalue weighted by Crippen LogP contribution is 2.32. The van der Waals surface area contributed by atoms with Crippen molar-refractivity contribution in [2.75, 3.05) is 20.5 Å². The summed E-state index contributed by atoms with van der Waals surface area (Å²) in [4.78, 5) is 0. The number of rotatable bonds is 4. The lowest BCUT2D eigenvalue weighted by molar-refractivity contribution is 0.404. The number of benzene rings is 1. The number of ether oxygens (including phenoxy) is 2. The van der Waals surface area contributed by atoms with Crippen LogP contribution in [0.5, 0.6) is 11.5 Å². The van der Waals surface area contributed by atoms with E-state index in [1.54, 1.807) is 26.0 Å². The predicted octanol–water partition coefficient (Wildman–Crippen LogP) is 2.88. The topological polar surface area (TPSA) is 44.2 Å². The smallest absolute Gasteiger partial charge is 0.128 e. The van der Waals surface area contributed by atoms with E-state index in [0.717, 1.165) is 27.8 Å². The minimum Gasteiger partial charge on any atom is -0.497 e. The first-order valence-corrected chi connectivity index (χ1v) is 6.61. The highest BCUT2D eigenvalue weighted by Gasteiger charge is 2.09. The van der Waals surface area contributed by atoms with E-state index in [9.17, 15) is 0 Å². The summed E-state index contributed by atoms with van der Waals surface area (Å²) in [6.45, 7) is 0. The van der Waals surface area contributed by atoms with Crippen LogP contribution < -0.4 is 9.47 Å². The zero-order chi connectivity index (χ0) is 13.0. The van der Waals surface area contributed by atoms with Gasteiger partial charge in [0.25, 0.3) is 0 Å². The lowest BCUT2D eigenvalue weighted by Crippen LogP contribution is -1.94. The number of thioether (sulfide) groups is 1. The molecule has 0 aliphatic carbocycles. The van der Waals surface area contributed by atoms with Crippen molar-refractivity contribution in [3.8, 4) is 22.8 Å². The van der Waals surface area contributed by atoms with Gasteiger partial charge in [0.1, 0.15) is 16.5 Å². The molecule has 18 heavy (non-hydrogen) atoms. The average molecular weight is 262 g/mol. The van der Waals surface area contributed by atoms with Gasteiger partial charge in [-0.25, -0.2) is 0 Å². The minimum absolute atomic E-state index is 0.752. The number of hydrogen-bond donors (Lipinski definition) is 0. The fourth-order valence-corrected chi connectivity index (χ4v) is 1.91. The summed E-state index contributed by atoms with van der Waals surface area (Å²) >= 11 is 1.56. The predicted molar refractivity (Wildman–Crippen MR) is 72.4 cm³/mol. The average Bonchev–Trinajstić information content (AvgIpc) is 2.46. The Morgan fingerprint density at radius 1 is 1.00 bits per heavy atom. The molecule has 0 fully saturated rings. The zero-order valence-electron chi connectivity index (χ0n) is 10.5. The third-order valence-electron chi connectivity index (χ3n) is 2.53. The van der Waals surface area contributed by atoms with Gasteiger partial charge in [0.05, 0.1) is 19.9 Å². The van der Waals surface area contributed by atoms with Crippen molar-refractivity contribution in [3.05, 3.63) is 30.3 Å². The molecule has 0 aliphatic heterocycles. The normalized spacial score (nSPS) is 10.2. The maximum atomic E-state index is 5.33. The molecule has 1 heterocycles. The summed E-state index contributed by atoms with van der Waals surface area (Å²) in [5, 5.41) is 9.21. The largest absolute Gasteiger partial charge is 0.497 e. The van der Waals surface area contributed by atoms with Gasteiger partial charge in [-0.1, -0.05) is 0 Å². The van der Waals surface area contributed by atoms with Gasteiger partial charge in [-0.15, -0.1) is 22.0 Å². The van der Waals surface area contributed by atoms with Crippen molar-refractivity contribution < 1.29 is 9.47 Å². The van der Waals surface area contributed by atoms with E-state index in [1.165, 1.54) is 0 Å². The molecule has 0 bridgehead atoms. The number of aromatic nitrogens is 2. The second-order valence-electron chi connectivity index (χ2n) is 3.53. The van der Waals surface area contributed by atoms with E-state index in [1.807, 2.05) is 36.6 Å². The molecule has 0 atom stereocenters. The molecule has 2 rings (SSSR count). The van der Waals surface area contributed by atoms with Crippen molar-refractivity contribution in [1.82, 2.24) is 10.2 Å². The van der Waals surface area contributed by atoms with E-state index in [0.29, 0.717) is 0 Å². The van der Waals surface area contributed by atoms with Gasteiger partial charge in [-0.05, 0) is 36.6 Å². The summed E-state index contributed by atoms with van der Waals surface area (Å²) in [6, 6.07) is 9.47. The second-order valence-corrected chi connectivity index (χ2v) is 4.35. The quantitative estimate of drug-likeness (QED) is 0.793. The molecule has 1 aromatic heterocycles. The third-order valence-corrected chi connectivity index (χ3v) is 3.17. The minimum atomic E-state index is 0.752. The SMILES string of the molecule is COc1ccc(OC)c(-c2ccc(SC)nn2)c1. The molecule has 1 aromatic carbocycles. The Hall–Kier alpha value is -1.75. The van der Waals surface area contributed by atoms with Gasteiger partial charge < -0.3 is 9.47 Å². The monoisotopic (exact) mass is 262 g/mol. The molecule has 2 aromatic rings. The zero-order valence-corrected chi connectivity index (χ0v) is 11.3. The van der Waals surface area contributed by atoms with Crippen molar-refractivity contribution in [2.24, 2.45) is 0 Å². The summed E-state index contributed by atoms with van der Waals surface area (Å²) in [7, 11) is 3.27. The molecule has 4 nitrogen and oxygen atoms in total. The van der Waals surface area contributed by atoms with Crippen LogP contribution in [0, 0.1) is 0 Å². The van der Waals surface area contributed by atoms with Crippen LogP contribution in [0.4, 0.5) is 0 Å². The first-order valence-electron chi connectivity index (χ1n) is 5.38. The summed E-state index contributed by atoms with van der Waals surface area (Å²) < 4.78 is 10.5. The second kappa shape index (κ2) is 5.73. The van der Waals surface area contributed by atoms with Crippen LogP contribution in [0.1, 0.15) is 0 Å². The van der Waals surface area contributed by atoms with Crippen molar-refractivity contribution in [3.63, 3.8) is 0 Å². The molecule has 0 spiro atoms. The Kier molecular flexibility index (Phi) is 4.04. The van der Waals surface area contributed by atoms with Gasteiger partial charge in [-0.3, -0.25) is 0 Å². The highest BCUT2D eigenvalue weighted by atomic mass is 32.2. The summed E-state index contributed by atoms with van der Waals surface area (Å²) in [5.41, 5.74) is 1.64. The third kappa shape index (κ3) is 2.56. The van der Waals surface area contributed by atoms with Crippen LogP contribution in [0.25, 0.3) is 11.3 Å². The maximum Gasteiger partial charge on any atom is 0.128 e. The molecule has 0 aliphatic rings. The first-order chi connectivity index (χ1) is 8.78. The van der Waals surface area contributed by atoms with Crippen LogP contribution in [-0.4, -0.2) is 30.7 Å². The molecule has 0 radical (unpaired) electrons. The van der Waals surface area contributed by atoms with Crippen LogP contribution in [0.3, 0.4) is 0 Å². The van der Waals surface area contributed by atoms with Crippen LogP contribution in [-0.2, 0) is 0 Å². The first kappa shape index (κ1) is 12.7. The molecule has 0 saturated carbocycles. The molecule has 5 heteroatoms. The van der Waals surface area contributed by atoms with E-state index < -0.39 is 0 Å². The molecule has 94 valence electrons. The summed E-state index contributed by atoms with van der Waals surface area (Å²) in [5.74, 6) is 1.52. The van der Waals surface area contributed by atoms with E-state index in [2.05, 4.69) is 10.2 Å². The lowest BCUT2D eigenvalue weighted by atomic mass is 10.1. The molecular weight excluding hydrogens is 248 g/mol. The lowest BCUT2D eigenvalue weighted by Gasteiger charge is -2.09. The van der Waals surface area contributed by atoms with Crippen molar-refractivity contribution in [1.29, 1.82) is 0 Å². The Bertz CT molecular complexity index is 529. The van der Waals surface area contributed by atoms with E-state index in [-0.39, 0.29) is 0 Å². The Morgan fingerprint density at radius 2 is 1.83 bits per heavy atom. The van der Waals surface area contributed by atoms with Crippen molar-refractivity contribution >= 4 is 11.8 Å². The maximum absolute atomic E-state index is 5.33. The van der Waals surface area contributed by atoms with Gasteiger partial charge in [0.15, 0.2) is 0 Å². The Balaban J connectivity index is 2.46. The fraction of sp³-hybridized carbons (Fsp3) is 0.231. The fourth-order valence-electron chi connectivity index (χ4n) is 1.59. The molecule has 0 N–H and O–H groups in total. The number of methoxy groups -OCH3 is 2. The Morgan fingerprint density at radius 3 is 2.39 bits per heavy atom. The van der Waals surface area contributed by atoms with Crippen LogP contribution in [0.2, 0.25) is 0 Å². The molecule has 0 unspecified atom stereocenters. The van der Waals surface area contributed by atoms with E-state index >= 15 is 0 Å². The van der Waals surface area contributed by atoms with Gasteiger partial charge >= 0.3 is 0 Å². The summed E-state index contributed by atoms with van der Waals surface area (Å²) in [6.07, 6.45) is 1.97. The van der Waals surface area contributed by atoms with Gasteiger partial charge in [-0.2, -0.15) is 0 Å². The highest BCUT2D eigenvalue weighted by molar-refractivity contribution is 7.98. The van der Waals surface area contributed by atoms with Crippen LogP contribution >= 0.6 is 11.8 Å². The van der Waals surface area contributed by atoms with Crippen LogP contribution in [0.15, 0.2) is 35.4 Å². The number of nitrogens with zero attached hydrogens (tertiary/aromatic N) is 2. The molecular formula is C13H14N2O2S. The standard InChI is InChI=1S/C13H14N2O2S/c1-16-9-4-6-12(17-2)10(8-9)11-5-7-13(18-3)15-14-11/h4-8H,1-3H3.